The van der Waals surface area contributed by atoms with Crippen molar-refractivity contribution in [2.24, 2.45) is 5.73 Å². The summed E-state index contributed by atoms with van der Waals surface area (Å²) in [6, 6.07) is 34.5. The Morgan fingerprint density at radius 3 is 2.51 bits per heavy atom. The predicted molar refractivity (Wildman–Crippen MR) is 137 cm³/mol. The summed E-state index contributed by atoms with van der Waals surface area (Å²) >= 11 is 0. The molecule has 0 aliphatic rings. The number of rotatable bonds is 6. The van der Waals surface area contributed by atoms with E-state index in [1.54, 1.807) is 12.3 Å². The number of fused-ring (bicyclic) bond motifs is 3. The number of ether oxygens (including phenoxy) is 1. The molecular formula is C30H21N2O3. The summed E-state index contributed by atoms with van der Waals surface area (Å²) < 4.78 is 13.8. The molecule has 0 atom stereocenters. The summed E-state index contributed by atoms with van der Waals surface area (Å²) in [6.45, 7) is 0.573. The molecule has 0 aliphatic carbocycles. The molecule has 1 amide bonds. The van der Waals surface area contributed by atoms with Gasteiger partial charge in [-0.15, -0.1) is 0 Å². The molecule has 6 rings (SSSR count). The molecule has 0 fully saturated rings. The van der Waals surface area contributed by atoms with Crippen LogP contribution in [0.4, 0.5) is 0 Å². The van der Waals surface area contributed by atoms with E-state index in [9.17, 15) is 4.79 Å². The van der Waals surface area contributed by atoms with Crippen LogP contribution in [0.2, 0.25) is 0 Å². The minimum atomic E-state index is -0.462. The van der Waals surface area contributed by atoms with E-state index < -0.39 is 5.91 Å². The second-order valence-electron chi connectivity index (χ2n) is 8.34. The number of amides is 1. The zero-order valence-corrected chi connectivity index (χ0v) is 18.8. The van der Waals surface area contributed by atoms with Crippen LogP contribution in [0.15, 0.2) is 108 Å². The molecule has 2 N–H and O–H groups in total. The van der Waals surface area contributed by atoms with Gasteiger partial charge in [-0.25, -0.2) is 0 Å². The summed E-state index contributed by atoms with van der Waals surface area (Å²) in [5.74, 6) is 1.84. The number of primary amides is 1. The second-order valence-corrected chi connectivity index (χ2v) is 8.34. The van der Waals surface area contributed by atoms with Gasteiger partial charge in [-0.3, -0.25) is 4.79 Å². The van der Waals surface area contributed by atoms with Crippen LogP contribution < -0.4 is 10.5 Å². The van der Waals surface area contributed by atoms with E-state index in [0.717, 1.165) is 50.2 Å². The van der Waals surface area contributed by atoms with Gasteiger partial charge < -0.3 is 19.5 Å². The van der Waals surface area contributed by atoms with Gasteiger partial charge in [0, 0.05) is 28.4 Å². The molecule has 5 nitrogen and oxygen atoms in total. The lowest BCUT2D eigenvalue weighted by Crippen LogP contribution is -2.11. The maximum atomic E-state index is 12.3. The number of nitrogens with zero attached hydrogens (tertiary/aromatic N) is 1. The normalized spacial score (nSPS) is 11.2. The van der Waals surface area contributed by atoms with E-state index in [2.05, 4.69) is 22.8 Å². The number of nitrogens with two attached hydrogens (primary N) is 1. The molecule has 2 aromatic heterocycles. The molecule has 5 heteroatoms. The van der Waals surface area contributed by atoms with Gasteiger partial charge in [0.25, 0.3) is 0 Å². The molecular weight excluding hydrogens is 436 g/mol. The van der Waals surface area contributed by atoms with Gasteiger partial charge >= 0.3 is 0 Å². The molecule has 6 aromatic rings. The highest BCUT2D eigenvalue weighted by atomic mass is 16.5. The van der Waals surface area contributed by atoms with Crippen molar-refractivity contribution in [2.75, 3.05) is 0 Å². The second kappa shape index (κ2) is 8.54. The molecule has 0 aliphatic heterocycles. The van der Waals surface area contributed by atoms with Crippen molar-refractivity contribution in [3.05, 3.63) is 121 Å². The first-order valence-electron chi connectivity index (χ1n) is 11.3. The monoisotopic (exact) mass is 457 g/mol. The number of hydrogen-bond acceptors (Lipinski definition) is 3. The maximum absolute atomic E-state index is 12.3. The van der Waals surface area contributed by atoms with Crippen molar-refractivity contribution in [2.45, 2.75) is 6.54 Å². The van der Waals surface area contributed by atoms with Gasteiger partial charge in [0.05, 0.1) is 17.3 Å². The van der Waals surface area contributed by atoms with Crippen LogP contribution in [0.25, 0.3) is 33.1 Å². The minimum Gasteiger partial charge on any atom is -0.464 e. The zero-order valence-electron chi connectivity index (χ0n) is 18.8. The van der Waals surface area contributed by atoms with Crippen LogP contribution in [0.5, 0.6) is 11.5 Å². The van der Waals surface area contributed by atoms with Crippen molar-refractivity contribution >= 4 is 27.7 Å². The summed E-state index contributed by atoms with van der Waals surface area (Å²) in [7, 11) is 0. The third kappa shape index (κ3) is 3.83. The lowest BCUT2D eigenvalue weighted by molar-refractivity contribution is 0.100. The molecule has 169 valence electrons. The fourth-order valence-electron chi connectivity index (χ4n) is 4.53. The Balaban J connectivity index is 1.50. The molecule has 0 unspecified atom stereocenters. The number of carbonyl (C=O) groups is 1. The fraction of sp³-hybridized carbons (Fsp3) is 0.0333. The lowest BCUT2D eigenvalue weighted by Gasteiger charge is -2.11. The zero-order chi connectivity index (χ0) is 23.8. The average Bonchev–Trinajstić information content (AvgIpc) is 3.52. The van der Waals surface area contributed by atoms with E-state index in [1.807, 2.05) is 78.9 Å². The van der Waals surface area contributed by atoms with Crippen molar-refractivity contribution in [3.63, 3.8) is 0 Å². The number of aromatic nitrogens is 1. The van der Waals surface area contributed by atoms with E-state index in [-0.39, 0.29) is 0 Å². The first kappa shape index (κ1) is 20.8. The third-order valence-electron chi connectivity index (χ3n) is 6.08. The Hall–Kier alpha value is -4.77. The fourth-order valence-corrected chi connectivity index (χ4v) is 4.53. The Kier molecular flexibility index (Phi) is 5.08. The molecule has 0 saturated carbocycles. The Morgan fingerprint density at radius 2 is 1.71 bits per heavy atom. The van der Waals surface area contributed by atoms with Gasteiger partial charge in [0.1, 0.15) is 17.3 Å². The van der Waals surface area contributed by atoms with Gasteiger partial charge in [-0.05, 0) is 72.3 Å². The predicted octanol–water partition coefficient (Wildman–Crippen LogP) is 6.79. The molecule has 1 radical (unpaired) electrons. The number of carbonyl (C=O) groups excluding carboxylic acids is 1. The molecule has 0 bridgehead atoms. The van der Waals surface area contributed by atoms with E-state index in [1.165, 1.54) is 0 Å². The molecule has 4 aromatic carbocycles. The summed E-state index contributed by atoms with van der Waals surface area (Å²) in [5.41, 5.74) is 10.0. The number of furan rings is 1. The van der Waals surface area contributed by atoms with Crippen LogP contribution in [0.3, 0.4) is 0 Å². The van der Waals surface area contributed by atoms with Crippen LogP contribution in [-0.4, -0.2) is 10.5 Å². The summed E-state index contributed by atoms with van der Waals surface area (Å²) in [5, 5.41) is 1.65. The van der Waals surface area contributed by atoms with Crippen LogP contribution in [0.1, 0.15) is 15.9 Å². The Labute approximate surface area is 202 Å². The molecule has 0 spiro atoms. The third-order valence-corrected chi connectivity index (χ3v) is 6.08. The van der Waals surface area contributed by atoms with Gasteiger partial charge in [0.15, 0.2) is 0 Å². The number of para-hydroxylation sites is 1. The van der Waals surface area contributed by atoms with E-state index >= 15 is 0 Å². The highest BCUT2D eigenvalue weighted by Gasteiger charge is 2.18. The highest BCUT2D eigenvalue weighted by Crippen LogP contribution is 2.35. The lowest BCUT2D eigenvalue weighted by atomic mass is 10.0. The Morgan fingerprint density at radius 1 is 0.886 bits per heavy atom. The van der Waals surface area contributed by atoms with E-state index in [0.29, 0.717) is 12.1 Å². The molecule has 2 heterocycles. The highest BCUT2D eigenvalue weighted by molar-refractivity contribution is 6.18. The Bertz CT molecular complexity index is 1670. The van der Waals surface area contributed by atoms with Crippen molar-refractivity contribution in [1.82, 2.24) is 4.57 Å². The van der Waals surface area contributed by atoms with Crippen molar-refractivity contribution < 1.29 is 13.9 Å². The SMILES string of the molecule is NC(=O)c1cccc2c1c1[c]cc(-c3ccco3)cc1n2Cc1cccc(Oc2ccccc2)c1. The summed E-state index contributed by atoms with van der Waals surface area (Å²) in [4.78, 5) is 12.3. The van der Waals surface area contributed by atoms with Gasteiger partial charge in [0.2, 0.25) is 5.91 Å². The summed E-state index contributed by atoms with van der Waals surface area (Å²) in [6.07, 6.45) is 1.65. The standard InChI is InChI=1S/C30H21N2O3/c31-30(33)25-11-5-12-26-29(25)24-15-14-21(28-13-6-16-34-28)18-27(24)32(26)19-20-7-4-10-23(17-20)35-22-8-2-1-3-9-22/h1-14,16-18H,19H2,(H2,31,33). The van der Waals surface area contributed by atoms with Crippen molar-refractivity contribution in [3.8, 4) is 22.8 Å². The van der Waals surface area contributed by atoms with Crippen molar-refractivity contribution in [1.29, 1.82) is 0 Å². The smallest absolute Gasteiger partial charge is 0.249 e. The quantitative estimate of drug-likeness (QED) is 0.299. The van der Waals surface area contributed by atoms with Crippen LogP contribution in [0, 0.1) is 6.07 Å². The van der Waals surface area contributed by atoms with Gasteiger partial charge in [-0.2, -0.15) is 0 Å². The topological polar surface area (TPSA) is 70.4 Å². The first-order valence-corrected chi connectivity index (χ1v) is 11.3. The average molecular weight is 458 g/mol. The number of benzene rings is 4. The minimum absolute atomic E-state index is 0.462. The molecule has 35 heavy (non-hydrogen) atoms. The first-order chi connectivity index (χ1) is 17.2. The number of hydrogen-bond donors (Lipinski definition) is 1. The largest absolute Gasteiger partial charge is 0.464 e. The van der Waals surface area contributed by atoms with Gasteiger partial charge in [-0.1, -0.05) is 36.4 Å². The van der Waals surface area contributed by atoms with E-state index in [4.69, 9.17) is 14.9 Å². The van der Waals surface area contributed by atoms with Crippen LogP contribution in [-0.2, 0) is 6.54 Å². The maximum Gasteiger partial charge on any atom is 0.249 e. The molecule has 0 saturated heterocycles. The van der Waals surface area contributed by atoms with Crippen LogP contribution >= 0.6 is 0 Å².